The number of benzene rings is 1. The molecular formula is C16H20ClN3O3S. The summed E-state index contributed by atoms with van der Waals surface area (Å²) in [6, 6.07) is 7.47. The van der Waals surface area contributed by atoms with Crippen LogP contribution in [0.5, 0.6) is 0 Å². The smallest absolute Gasteiger partial charge is 0.246 e. The van der Waals surface area contributed by atoms with Gasteiger partial charge in [-0.15, -0.1) is 0 Å². The molecular weight excluding hydrogens is 350 g/mol. The monoisotopic (exact) mass is 369 g/mol. The molecule has 0 spiro atoms. The van der Waals surface area contributed by atoms with Crippen molar-refractivity contribution >= 4 is 21.6 Å². The van der Waals surface area contributed by atoms with Crippen LogP contribution in [0.15, 0.2) is 29.2 Å². The minimum absolute atomic E-state index is 0.298. The summed E-state index contributed by atoms with van der Waals surface area (Å²) in [6.45, 7) is 5.60. The average molecular weight is 370 g/mol. The Morgan fingerprint density at radius 3 is 2.62 bits per heavy atom. The third kappa shape index (κ3) is 3.35. The van der Waals surface area contributed by atoms with Crippen molar-refractivity contribution < 1.29 is 13.2 Å². The van der Waals surface area contributed by atoms with E-state index in [2.05, 4.69) is 5.10 Å². The lowest BCUT2D eigenvalue weighted by Gasteiger charge is -2.26. The molecule has 3 rings (SSSR count). The predicted molar refractivity (Wildman–Crippen MR) is 91.8 cm³/mol. The van der Waals surface area contributed by atoms with E-state index in [1.165, 1.54) is 4.31 Å². The molecule has 1 aliphatic heterocycles. The van der Waals surface area contributed by atoms with E-state index in [-0.39, 0.29) is 0 Å². The molecule has 0 unspecified atom stereocenters. The molecule has 0 amide bonds. The first-order chi connectivity index (χ1) is 11.4. The molecule has 8 heteroatoms. The zero-order chi connectivity index (χ0) is 17.3. The summed E-state index contributed by atoms with van der Waals surface area (Å²) in [5.41, 5.74) is 2.13. The minimum Gasteiger partial charge on any atom is -0.379 e. The Morgan fingerprint density at radius 2 is 1.96 bits per heavy atom. The number of morpholine rings is 1. The molecule has 1 saturated heterocycles. The number of rotatable bonds is 4. The largest absolute Gasteiger partial charge is 0.379 e. The quantitative estimate of drug-likeness (QED) is 0.829. The van der Waals surface area contributed by atoms with Gasteiger partial charge in [-0.2, -0.15) is 9.40 Å². The van der Waals surface area contributed by atoms with Crippen LogP contribution in [0.3, 0.4) is 0 Å². The molecule has 1 aromatic carbocycles. The number of nitrogens with zero attached hydrogens (tertiary/aromatic N) is 3. The van der Waals surface area contributed by atoms with Gasteiger partial charge in [-0.1, -0.05) is 23.7 Å². The highest BCUT2D eigenvalue weighted by atomic mass is 35.5. The molecule has 0 bridgehead atoms. The van der Waals surface area contributed by atoms with Crippen molar-refractivity contribution in [3.8, 4) is 0 Å². The fraction of sp³-hybridized carbons (Fsp3) is 0.438. The maximum atomic E-state index is 12.9. The first-order valence-corrected chi connectivity index (χ1v) is 9.58. The Kier molecular flexibility index (Phi) is 4.96. The fourth-order valence-electron chi connectivity index (χ4n) is 2.93. The Hall–Kier alpha value is -1.41. The Labute approximate surface area is 147 Å². The first-order valence-electron chi connectivity index (χ1n) is 7.76. The van der Waals surface area contributed by atoms with Crippen LogP contribution in [-0.2, 0) is 21.3 Å². The summed E-state index contributed by atoms with van der Waals surface area (Å²) in [6.07, 6.45) is 0. The SMILES string of the molecule is Cc1nn(Cc2cccc(Cl)c2)c(C)c1S(=O)(=O)N1CCOCC1. The van der Waals surface area contributed by atoms with Gasteiger partial charge in [0.05, 0.1) is 31.1 Å². The van der Waals surface area contributed by atoms with E-state index in [0.29, 0.717) is 54.2 Å². The number of aryl methyl sites for hydroxylation is 1. The molecule has 2 aromatic rings. The van der Waals surface area contributed by atoms with E-state index in [4.69, 9.17) is 16.3 Å². The van der Waals surface area contributed by atoms with Gasteiger partial charge in [0.15, 0.2) is 0 Å². The second-order valence-electron chi connectivity index (χ2n) is 5.80. The van der Waals surface area contributed by atoms with Crippen molar-refractivity contribution in [3.63, 3.8) is 0 Å². The molecule has 1 aromatic heterocycles. The molecule has 2 heterocycles. The molecule has 0 atom stereocenters. The van der Waals surface area contributed by atoms with Crippen LogP contribution in [0.2, 0.25) is 5.02 Å². The van der Waals surface area contributed by atoms with Gasteiger partial charge in [-0.3, -0.25) is 4.68 Å². The Bertz CT molecular complexity index is 842. The van der Waals surface area contributed by atoms with E-state index < -0.39 is 10.0 Å². The van der Waals surface area contributed by atoms with E-state index in [0.717, 1.165) is 5.56 Å². The predicted octanol–water partition coefficient (Wildman–Crippen LogP) is 2.22. The van der Waals surface area contributed by atoms with Crippen molar-refractivity contribution in [2.75, 3.05) is 26.3 Å². The van der Waals surface area contributed by atoms with Crippen LogP contribution in [0, 0.1) is 13.8 Å². The molecule has 0 radical (unpaired) electrons. The van der Waals surface area contributed by atoms with Gasteiger partial charge in [-0.25, -0.2) is 8.42 Å². The summed E-state index contributed by atoms with van der Waals surface area (Å²) < 4.78 is 34.3. The minimum atomic E-state index is -3.56. The summed E-state index contributed by atoms with van der Waals surface area (Å²) in [7, 11) is -3.56. The maximum absolute atomic E-state index is 12.9. The van der Waals surface area contributed by atoms with Crippen LogP contribution in [-0.4, -0.2) is 48.8 Å². The standard InChI is InChI=1S/C16H20ClN3O3S/c1-12-16(24(21,22)19-6-8-23-9-7-19)13(2)20(18-12)11-14-4-3-5-15(17)10-14/h3-5,10H,6-9,11H2,1-2H3. The first kappa shape index (κ1) is 17.4. The van der Waals surface area contributed by atoms with E-state index in [1.807, 2.05) is 18.2 Å². The molecule has 6 nitrogen and oxygen atoms in total. The summed E-state index contributed by atoms with van der Waals surface area (Å²) in [5, 5.41) is 5.08. The summed E-state index contributed by atoms with van der Waals surface area (Å²) in [5.74, 6) is 0. The third-order valence-corrected chi connectivity index (χ3v) is 6.49. The topological polar surface area (TPSA) is 64.4 Å². The molecule has 1 aliphatic rings. The summed E-state index contributed by atoms with van der Waals surface area (Å²) >= 11 is 6.02. The van der Waals surface area contributed by atoms with Crippen LogP contribution in [0.25, 0.3) is 0 Å². The van der Waals surface area contributed by atoms with Crippen LogP contribution < -0.4 is 0 Å². The molecule has 0 N–H and O–H groups in total. The van der Waals surface area contributed by atoms with Crippen LogP contribution in [0.1, 0.15) is 17.0 Å². The zero-order valence-electron chi connectivity index (χ0n) is 13.7. The van der Waals surface area contributed by atoms with Crippen molar-refractivity contribution in [1.29, 1.82) is 0 Å². The van der Waals surface area contributed by atoms with Gasteiger partial charge < -0.3 is 4.74 Å². The molecule has 130 valence electrons. The van der Waals surface area contributed by atoms with Gasteiger partial charge in [0, 0.05) is 18.1 Å². The lowest BCUT2D eigenvalue weighted by molar-refractivity contribution is 0.0730. The molecule has 1 fully saturated rings. The van der Waals surface area contributed by atoms with Gasteiger partial charge in [0.1, 0.15) is 4.90 Å². The van der Waals surface area contributed by atoms with Crippen molar-refractivity contribution in [3.05, 3.63) is 46.2 Å². The van der Waals surface area contributed by atoms with Crippen molar-refractivity contribution in [2.45, 2.75) is 25.3 Å². The maximum Gasteiger partial charge on any atom is 0.246 e. The van der Waals surface area contributed by atoms with Gasteiger partial charge in [0.25, 0.3) is 0 Å². The highest BCUT2D eigenvalue weighted by Gasteiger charge is 2.31. The van der Waals surface area contributed by atoms with Gasteiger partial charge in [-0.05, 0) is 31.5 Å². The highest BCUT2D eigenvalue weighted by Crippen LogP contribution is 2.25. The Morgan fingerprint density at radius 1 is 1.25 bits per heavy atom. The van der Waals surface area contributed by atoms with Crippen LogP contribution >= 0.6 is 11.6 Å². The highest BCUT2D eigenvalue weighted by molar-refractivity contribution is 7.89. The van der Waals surface area contributed by atoms with Crippen LogP contribution in [0.4, 0.5) is 0 Å². The second kappa shape index (κ2) is 6.84. The van der Waals surface area contributed by atoms with Crippen molar-refractivity contribution in [1.82, 2.24) is 14.1 Å². The number of aromatic nitrogens is 2. The number of ether oxygens (including phenoxy) is 1. The lowest BCUT2D eigenvalue weighted by Crippen LogP contribution is -2.41. The van der Waals surface area contributed by atoms with Crippen molar-refractivity contribution in [2.24, 2.45) is 0 Å². The van der Waals surface area contributed by atoms with Gasteiger partial charge >= 0.3 is 0 Å². The number of hydrogen-bond acceptors (Lipinski definition) is 4. The number of sulfonamides is 1. The van der Waals surface area contributed by atoms with E-state index in [1.54, 1.807) is 24.6 Å². The van der Waals surface area contributed by atoms with E-state index in [9.17, 15) is 8.42 Å². The van der Waals surface area contributed by atoms with E-state index >= 15 is 0 Å². The molecule has 0 aliphatic carbocycles. The zero-order valence-corrected chi connectivity index (χ0v) is 15.3. The normalized spacial score (nSPS) is 16.5. The Balaban J connectivity index is 1.94. The molecule has 24 heavy (non-hydrogen) atoms. The number of hydrogen-bond donors (Lipinski definition) is 0. The van der Waals surface area contributed by atoms with Gasteiger partial charge in [0.2, 0.25) is 10.0 Å². The average Bonchev–Trinajstić information content (AvgIpc) is 2.82. The third-order valence-electron chi connectivity index (χ3n) is 4.10. The second-order valence-corrected chi connectivity index (χ2v) is 8.12. The molecule has 0 saturated carbocycles. The fourth-order valence-corrected chi connectivity index (χ4v) is 4.93. The summed E-state index contributed by atoms with van der Waals surface area (Å²) in [4.78, 5) is 0.298. The lowest BCUT2D eigenvalue weighted by atomic mass is 10.2. The number of halogens is 1.